The van der Waals surface area contributed by atoms with Crippen molar-refractivity contribution in [3.05, 3.63) is 41.9 Å². The summed E-state index contributed by atoms with van der Waals surface area (Å²) in [7, 11) is 1.61. The first-order valence-electron chi connectivity index (χ1n) is 6.46. The van der Waals surface area contributed by atoms with Gasteiger partial charge in [0.2, 0.25) is 5.91 Å². The molecule has 0 fully saturated rings. The van der Waals surface area contributed by atoms with Gasteiger partial charge in [0.1, 0.15) is 16.6 Å². The van der Waals surface area contributed by atoms with Gasteiger partial charge < -0.3 is 10.1 Å². The summed E-state index contributed by atoms with van der Waals surface area (Å²) in [4.78, 5) is 20.4. The summed E-state index contributed by atoms with van der Waals surface area (Å²) in [6, 6.07) is 9.10. The number of aryl methyl sites for hydroxylation is 2. The van der Waals surface area contributed by atoms with Gasteiger partial charge in [0.05, 0.1) is 12.9 Å². The maximum absolute atomic E-state index is 11.9. The Hall–Kier alpha value is -2.08. The highest BCUT2D eigenvalue weighted by atomic mass is 32.2. The number of carbonyl (C=O) groups excluding carboxylic acids is 1. The highest BCUT2D eigenvalue weighted by Crippen LogP contribution is 2.18. The molecule has 5 nitrogen and oxygen atoms in total. The Kier molecular flexibility index (Phi) is 5.16. The van der Waals surface area contributed by atoms with Gasteiger partial charge >= 0.3 is 0 Å². The molecule has 1 aromatic carbocycles. The Morgan fingerprint density at radius 3 is 2.57 bits per heavy atom. The number of methoxy groups -OCH3 is 1. The van der Waals surface area contributed by atoms with Crippen molar-refractivity contribution in [2.24, 2.45) is 0 Å². The molecule has 0 unspecified atom stereocenters. The molecule has 0 saturated carbocycles. The molecule has 0 radical (unpaired) electrons. The van der Waals surface area contributed by atoms with Crippen molar-refractivity contribution in [2.75, 3.05) is 18.2 Å². The van der Waals surface area contributed by atoms with Crippen LogP contribution in [0.5, 0.6) is 5.75 Å². The molecule has 0 aliphatic carbocycles. The van der Waals surface area contributed by atoms with E-state index in [0.29, 0.717) is 11.6 Å². The smallest absolute Gasteiger partial charge is 0.234 e. The summed E-state index contributed by atoms with van der Waals surface area (Å²) in [6.07, 6.45) is 0. The number of thioether (sulfide) groups is 1. The van der Waals surface area contributed by atoms with Crippen LogP contribution >= 0.6 is 11.8 Å². The van der Waals surface area contributed by atoms with E-state index in [1.54, 1.807) is 31.4 Å². The molecule has 0 bridgehead atoms. The molecule has 0 atom stereocenters. The van der Waals surface area contributed by atoms with Crippen LogP contribution in [0.4, 0.5) is 5.69 Å². The predicted molar refractivity (Wildman–Crippen MR) is 83.9 cm³/mol. The van der Waals surface area contributed by atoms with Crippen LogP contribution in [0.2, 0.25) is 0 Å². The van der Waals surface area contributed by atoms with Crippen molar-refractivity contribution in [1.29, 1.82) is 0 Å². The largest absolute Gasteiger partial charge is 0.497 e. The number of carbonyl (C=O) groups is 1. The molecular formula is C15H17N3O2S. The second-order valence-electron chi connectivity index (χ2n) is 4.46. The van der Waals surface area contributed by atoms with Gasteiger partial charge in [-0.25, -0.2) is 9.97 Å². The van der Waals surface area contributed by atoms with E-state index in [1.807, 2.05) is 19.9 Å². The number of ether oxygens (including phenoxy) is 1. The highest BCUT2D eigenvalue weighted by molar-refractivity contribution is 7.99. The first kappa shape index (κ1) is 15.3. The molecule has 0 aliphatic rings. The van der Waals surface area contributed by atoms with Gasteiger partial charge in [-0.3, -0.25) is 4.79 Å². The summed E-state index contributed by atoms with van der Waals surface area (Å²) in [6.45, 7) is 3.75. The Labute approximate surface area is 128 Å². The molecule has 2 aromatic rings. The van der Waals surface area contributed by atoms with Crippen LogP contribution in [0.1, 0.15) is 11.5 Å². The van der Waals surface area contributed by atoms with E-state index in [4.69, 9.17) is 4.74 Å². The van der Waals surface area contributed by atoms with Gasteiger partial charge in [-0.1, -0.05) is 11.8 Å². The minimum absolute atomic E-state index is 0.0703. The van der Waals surface area contributed by atoms with Crippen LogP contribution in [0.3, 0.4) is 0 Å². The van der Waals surface area contributed by atoms with Crippen molar-refractivity contribution in [2.45, 2.75) is 18.9 Å². The fourth-order valence-electron chi connectivity index (χ4n) is 1.77. The van der Waals surface area contributed by atoms with E-state index in [0.717, 1.165) is 22.2 Å². The quantitative estimate of drug-likeness (QED) is 0.679. The number of amides is 1. The van der Waals surface area contributed by atoms with Crippen molar-refractivity contribution >= 4 is 23.4 Å². The van der Waals surface area contributed by atoms with E-state index in [1.165, 1.54) is 11.8 Å². The summed E-state index contributed by atoms with van der Waals surface area (Å²) >= 11 is 1.40. The standard InChI is InChI=1S/C15H17N3O2S/c1-10-8-15(17-11(2)16-10)21-9-14(19)18-12-4-6-13(20-3)7-5-12/h4-8H,9H2,1-3H3,(H,18,19). The lowest BCUT2D eigenvalue weighted by atomic mass is 10.3. The Morgan fingerprint density at radius 1 is 1.24 bits per heavy atom. The van der Waals surface area contributed by atoms with Gasteiger partial charge in [-0.2, -0.15) is 0 Å². The van der Waals surface area contributed by atoms with E-state index in [9.17, 15) is 4.79 Å². The third-order valence-corrected chi connectivity index (χ3v) is 3.58. The first-order chi connectivity index (χ1) is 10.1. The van der Waals surface area contributed by atoms with Gasteiger partial charge in [-0.05, 0) is 44.2 Å². The molecule has 1 heterocycles. The maximum Gasteiger partial charge on any atom is 0.234 e. The Bertz CT molecular complexity index is 609. The van der Waals surface area contributed by atoms with Crippen LogP contribution < -0.4 is 10.1 Å². The average Bonchev–Trinajstić information content (AvgIpc) is 2.45. The molecule has 0 saturated heterocycles. The molecular weight excluding hydrogens is 286 g/mol. The third-order valence-electron chi connectivity index (χ3n) is 2.67. The van der Waals surface area contributed by atoms with Crippen molar-refractivity contribution in [1.82, 2.24) is 9.97 Å². The zero-order valence-electron chi connectivity index (χ0n) is 12.2. The normalized spacial score (nSPS) is 10.2. The van der Waals surface area contributed by atoms with Gasteiger partial charge in [0.15, 0.2) is 0 Å². The zero-order valence-corrected chi connectivity index (χ0v) is 13.0. The minimum Gasteiger partial charge on any atom is -0.497 e. The number of anilines is 1. The number of nitrogens with one attached hydrogen (secondary N) is 1. The zero-order chi connectivity index (χ0) is 15.2. The van der Waals surface area contributed by atoms with E-state index < -0.39 is 0 Å². The molecule has 1 N–H and O–H groups in total. The molecule has 0 aliphatic heterocycles. The number of hydrogen-bond donors (Lipinski definition) is 1. The summed E-state index contributed by atoms with van der Waals surface area (Å²) < 4.78 is 5.07. The molecule has 2 rings (SSSR count). The Morgan fingerprint density at radius 2 is 1.95 bits per heavy atom. The number of nitrogens with zero attached hydrogens (tertiary/aromatic N) is 2. The predicted octanol–water partition coefficient (Wildman–Crippen LogP) is 2.83. The number of benzene rings is 1. The topological polar surface area (TPSA) is 64.1 Å². The maximum atomic E-state index is 11.9. The lowest BCUT2D eigenvalue weighted by Crippen LogP contribution is -2.14. The second-order valence-corrected chi connectivity index (χ2v) is 5.46. The third kappa shape index (κ3) is 4.75. The van der Waals surface area contributed by atoms with Crippen LogP contribution in [-0.4, -0.2) is 28.7 Å². The van der Waals surface area contributed by atoms with Crippen LogP contribution in [-0.2, 0) is 4.79 Å². The first-order valence-corrected chi connectivity index (χ1v) is 7.44. The number of aromatic nitrogens is 2. The number of rotatable bonds is 5. The van der Waals surface area contributed by atoms with E-state index >= 15 is 0 Å². The van der Waals surface area contributed by atoms with Crippen LogP contribution in [0.15, 0.2) is 35.4 Å². The molecule has 0 spiro atoms. The SMILES string of the molecule is COc1ccc(NC(=O)CSc2cc(C)nc(C)n2)cc1. The molecule has 1 amide bonds. The fourth-order valence-corrected chi connectivity index (χ4v) is 2.57. The van der Waals surface area contributed by atoms with Gasteiger partial charge in [0, 0.05) is 11.4 Å². The van der Waals surface area contributed by atoms with Gasteiger partial charge in [-0.15, -0.1) is 0 Å². The average molecular weight is 303 g/mol. The molecule has 6 heteroatoms. The van der Waals surface area contributed by atoms with Crippen molar-refractivity contribution in [3.63, 3.8) is 0 Å². The molecule has 21 heavy (non-hydrogen) atoms. The molecule has 110 valence electrons. The number of hydrogen-bond acceptors (Lipinski definition) is 5. The lowest BCUT2D eigenvalue weighted by molar-refractivity contribution is -0.113. The Balaban J connectivity index is 1.89. The molecule has 1 aromatic heterocycles. The van der Waals surface area contributed by atoms with Crippen LogP contribution in [0.25, 0.3) is 0 Å². The lowest BCUT2D eigenvalue weighted by Gasteiger charge is -2.06. The minimum atomic E-state index is -0.0703. The monoisotopic (exact) mass is 303 g/mol. The summed E-state index contributed by atoms with van der Waals surface area (Å²) in [5.41, 5.74) is 1.65. The van der Waals surface area contributed by atoms with E-state index in [-0.39, 0.29) is 5.91 Å². The summed E-state index contributed by atoms with van der Waals surface area (Å²) in [5.74, 6) is 1.71. The summed E-state index contributed by atoms with van der Waals surface area (Å²) in [5, 5.41) is 3.64. The fraction of sp³-hybridized carbons (Fsp3) is 0.267. The second kappa shape index (κ2) is 7.08. The van der Waals surface area contributed by atoms with E-state index in [2.05, 4.69) is 15.3 Å². The van der Waals surface area contributed by atoms with Crippen LogP contribution in [0, 0.1) is 13.8 Å². The van der Waals surface area contributed by atoms with Gasteiger partial charge in [0.25, 0.3) is 0 Å². The van der Waals surface area contributed by atoms with Crippen molar-refractivity contribution < 1.29 is 9.53 Å². The van der Waals surface area contributed by atoms with Crippen molar-refractivity contribution in [3.8, 4) is 5.75 Å². The highest BCUT2D eigenvalue weighted by Gasteiger charge is 2.06.